The lowest BCUT2D eigenvalue weighted by Crippen LogP contribution is -2.46. The Morgan fingerprint density at radius 1 is 0.875 bits per heavy atom. The predicted octanol–water partition coefficient (Wildman–Crippen LogP) is 6.27. The molecule has 0 aliphatic rings. The fourth-order valence-electron chi connectivity index (χ4n) is 3.76. The van der Waals surface area contributed by atoms with Crippen molar-refractivity contribution < 1.29 is 0 Å². The summed E-state index contributed by atoms with van der Waals surface area (Å²) in [7, 11) is -1.49. The molecule has 124 valence electrons. The number of hydrogen-bond donors (Lipinski definition) is 0. The first-order chi connectivity index (χ1) is 11.6. The summed E-state index contributed by atoms with van der Waals surface area (Å²) in [5.74, 6) is 0. The molecule has 0 aliphatic heterocycles. The van der Waals surface area contributed by atoms with Crippen LogP contribution in [0.4, 0.5) is 0 Å². The van der Waals surface area contributed by atoms with E-state index in [1.54, 1.807) is 0 Å². The summed E-state index contributed by atoms with van der Waals surface area (Å²) in [6.45, 7) is 7.03. The van der Waals surface area contributed by atoms with Crippen LogP contribution in [0.15, 0.2) is 54.6 Å². The minimum atomic E-state index is -1.49. The van der Waals surface area contributed by atoms with Crippen molar-refractivity contribution in [3.8, 4) is 11.3 Å². The van der Waals surface area contributed by atoms with Crippen LogP contribution in [0.2, 0.25) is 23.2 Å². The van der Waals surface area contributed by atoms with Crippen molar-refractivity contribution in [2.75, 3.05) is 0 Å². The Labute approximate surface area is 150 Å². The second-order valence-electron chi connectivity index (χ2n) is 6.39. The molecule has 24 heavy (non-hydrogen) atoms. The molecule has 0 N–H and O–H groups in total. The van der Waals surface area contributed by atoms with E-state index in [1.165, 1.54) is 28.9 Å². The lowest BCUT2D eigenvalue weighted by Gasteiger charge is -2.31. The van der Waals surface area contributed by atoms with Crippen molar-refractivity contribution >= 4 is 35.8 Å². The molecule has 0 fully saturated rings. The fraction of sp³-hybridized carbons (Fsp3) is 0.286. The number of hydrogen-bond acceptors (Lipinski definition) is 1. The van der Waals surface area contributed by atoms with Gasteiger partial charge in [0, 0.05) is 5.39 Å². The van der Waals surface area contributed by atoms with Crippen molar-refractivity contribution in [2.45, 2.75) is 38.9 Å². The Kier molecular flexibility index (Phi) is 5.07. The van der Waals surface area contributed by atoms with Gasteiger partial charge in [0.15, 0.2) is 0 Å². The molecule has 3 heteroatoms. The van der Waals surface area contributed by atoms with E-state index < -0.39 is 8.07 Å². The largest absolute Gasteiger partial charge is 0.248 e. The molecular weight excluding hydrogens is 330 g/mol. The Morgan fingerprint density at radius 3 is 2.21 bits per heavy atom. The molecule has 1 aromatic heterocycles. The molecule has 0 radical (unpaired) electrons. The minimum absolute atomic E-state index is 0.780. The number of nitrogens with zero attached hydrogens (tertiary/aromatic N) is 1. The maximum atomic E-state index is 6.55. The number of pyridine rings is 1. The van der Waals surface area contributed by atoms with Crippen LogP contribution in [0.3, 0.4) is 0 Å². The highest BCUT2D eigenvalue weighted by Crippen LogP contribution is 2.30. The number of fused-ring (bicyclic) bond motifs is 1. The topological polar surface area (TPSA) is 12.9 Å². The summed E-state index contributed by atoms with van der Waals surface area (Å²) in [6, 6.07) is 22.7. The summed E-state index contributed by atoms with van der Waals surface area (Å²) >= 11 is 6.55. The average Bonchev–Trinajstić information content (AvgIpc) is 2.64. The molecule has 0 saturated carbocycles. The van der Waals surface area contributed by atoms with Gasteiger partial charge < -0.3 is 0 Å². The first-order valence-electron chi connectivity index (χ1n) is 8.80. The second-order valence-corrected chi connectivity index (χ2v) is 12.0. The molecule has 0 spiro atoms. The van der Waals surface area contributed by atoms with Crippen molar-refractivity contribution in [3.05, 3.63) is 59.6 Å². The van der Waals surface area contributed by atoms with E-state index in [-0.39, 0.29) is 0 Å². The SMILES string of the molecule is CC[Si](CC)(CC)c1ccccc1-c1cc(Cl)c2ccccc2n1. The number of benzene rings is 2. The van der Waals surface area contributed by atoms with Gasteiger partial charge in [0.05, 0.1) is 24.3 Å². The smallest absolute Gasteiger partial charge is 0.0868 e. The molecule has 1 heterocycles. The van der Waals surface area contributed by atoms with Crippen LogP contribution >= 0.6 is 11.6 Å². The Bertz CT molecular complexity index is 847. The fourth-order valence-corrected chi connectivity index (χ4v) is 7.90. The predicted molar refractivity (Wildman–Crippen MR) is 109 cm³/mol. The van der Waals surface area contributed by atoms with E-state index in [2.05, 4.69) is 45.0 Å². The summed E-state index contributed by atoms with van der Waals surface area (Å²) in [5.41, 5.74) is 3.23. The zero-order valence-corrected chi connectivity index (χ0v) is 16.4. The van der Waals surface area contributed by atoms with Gasteiger partial charge in [0.2, 0.25) is 0 Å². The van der Waals surface area contributed by atoms with Crippen molar-refractivity contribution in [3.63, 3.8) is 0 Å². The lowest BCUT2D eigenvalue weighted by atomic mass is 10.1. The van der Waals surface area contributed by atoms with Gasteiger partial charge in [-0.25, -0.2) is 4.98 Å². The molecule has 0 aliphatic carbocycles. The highest BCUT2D eigenvalue weighted by atomic mass is 35.5. The maximum Gasteiger partial charge on any atom is 0.0868 e. The number of halogens is 1. The van der Waals surface area contributed by atoms with Gasteiger partial charge in [0.25, 0.3) is 0 Å². The van der Waals surface area contributed by atoms with Crippen LogP contribution < -0.4 is 5.19 Å². The Hall–Kier alpha value is -1.64. The van der Waals surface area contributed by atoms with Crippen LogP contribution in [0, 0.1) is 0 Å². The molecule has 0 saturated heterocycles. The van der Waals surface area contributed by atoms with Crippen molar-refractivity contribution in [1.29, 1.82) is 0 Å². The third-order valence-electron chi connectivity index (χ3n) is 5.47. The third-order valence-corrected chi connectivity index (χ3v) is 11.4. The van der Waals surface area contributed by atoms with Gasteiger partial charge in [-0.15, -0.1) is 0 Å². The van der Waals surface area contributed by atoms with Gasteiger partial charge in [0.1, 0.15) is 0 Å². The van der Waals surface area contributed by atoms with Gasteiger partial charge in [-0.3, -0.25) is 0 Å². The van der Waals surface area contributed by atoms with Gasteiger partial charge in [-0.2, -0.15) is 0 Å². The summed E-state index contributed by atoms with van der Waals surface area (Å²) in [6.07, 6.45) is 0. The van der Waals surface area contributed by atoms with E-state index in [1.807, 2.05) is 30.3 Å². The summed E-state index contributed by atoms with van der Waals surface area (Å²) < 4.78 is 0. The average molecular weight is 354 g/mol. The molecule has 0 atom stereocenters. The Balaban J connectivity index is 2.24. The normalized spacial score (nSPS) is 11.8. The number of rotatable bonds is 5. The van der Waals surface area contributed by atoms with Crippen LogP contribution in [-0.4, -0.2) is 13.1 Å². The van der Waals surface area contributed by atoms with Crippen LogP contribution in [-0.2, 0) is 0 Å². The molecule has 0 unspecified atom stereocenters. The zero-order valence-electron chi connectivity index (χ0n) is 14.6. The van der Waals surface area contributed by atoms with Gasteiger partial charge in [-0.05, 0) is 17.7 Å². The standard InChI is InChI=1S/C21H24ClNSi/c1-4-24(5-2,6-3)21-14-10-8-12-17(21)20-15-18(22)16-11-7-9-13-19(16)23-20/h7-15H,4-6H2,1-3H3. The molecule has 0 amide bonds. The highest BCUT2D eigenvalue weighted by Gasteiger charge is 2.31. The van der Waals surface area contributed by atoms with Gasteiger partial charge in [-0.1, -0.05) is 98.2 Å². The molecule has 0 bridgehead atoms. The van der Waals surface area contributed by atoms with Crippen LogP contribution in [0.25, 0.3) is 22.2 Å². The van der Waals surface area contributed by atoms with Crippen molar-refractivity contribution in [2.24, 2.45) is 0 Å². The number of aromatic nitrogens is 1. The van der Waals surface area contributed by atoms with E-state index in [0.717, 1.165) is 21.6 Å². The number of para-hydroxylation sites is 1. The Morgan fingerprint density at radius 2 is 1.50 bits per heavy atom. The monoisotopic (exact) mass is 353 g/mol. The van der Waals surface area contributed by atoms with E-state index in [4.69, 9.17) is 16.6 Å². The molecule has 3 rings (SSSR count). The summed E-state index contributed by atoms with van der Waals surface area (Å²) in [5, 5.41) is 3.32. The molecule has 1 nitrogen and oxygen atoms in total. The molecular formula is C21H24ClNSi. The second kappa shape index (κ2) is 7.08. The molecule has 2 aromatic carbocycles. The van der Waals surface area contributed by atoms with E-state index in [9.17, 15) is 0 Å². The third kappa shape index (κ3) is 2.89. The first kappa shape index (κ1) is 17.2. The highest BCUT2D eigenvalue weighted by molar-refractivity contribution is 6.92. The maximum absolute atomic E-state index is 6.55. The van der Waals surface area contributed by atoms with Crippen molar-refractivity contribution in [1.82, 2.24) is 4.98 Å². The molecule has 3 aromatic rings. The minimum Gasteiger partial charge on any atom is -0.248 e. The summed E-state index contributed by atoms with van der Waals surface area (Å²) in [4.78, 5) is 4.92. The quantitative estimate of drug-likeness (QED) is 0.492. The van der Waals surface area contributed by atoms with Gasteiger partial charge >= 0.3 is 0 Å². The zero-order chi connectivity index (χ0) is 17.2. The lowest BCUT2D eigenvalue weighted by molar-refractivity contribution is 1.19. The van der Waals surface area contributed by atoms with Crippen LogP contribution in [0.5, 0.6) is 0 Å². The van der Waals surface area contributed by atoms with E-state index in [0.29, 0.717) is 0 Å². The first-order valence-corrected chi connectivity index (χ1v) is 11.8. The van der Waals surface area contributed by atoms with Crippen LogP contribution in [0.1, 0.15) is 20.8 Å². The van der Waals surface area contributed by atoms with E-state index >= 15 is 0 Å².